The maximum Gasteiger partial charge on any atom is 0.244 e. The first-order valence-electron chi connectivity index (χ1n) is 12.4. The van der Waals surface area contributed by atoms with Crippen LogP contribution in [0.3, 0.4) is 0 Å². The van der Waals surface area contributed by atoms with Crippen LogP contribution >= 0.6 is 11.6 Å². The second-order valence-electron chi connectivity index (χ2n) is 9.31. The van der Waals surface area contributed by atoms with Crippen molar-refractivity contribution in [3.8, 4) is 0 Å². The molecule has 9 heteroatoms. The largest absolute Gasteiger partial charge is 0.355 e. The third-order valence-electron chi connectivity index (χ3n) is 6.16. The molecule has 0 saturated heterocycles. The zero-order valence-corrected chi connectivity index (χ0v) is 23.7. The van der Waals surface area contributed by atoms with Crippen molar-refractivity contribution in [1.82, 2.24) is 10.2 Å². The van der Waals surface area contributed by atoms with Gasteiger partial charge in [-0.25, -0.2) is 8.42 Å². The summed E-state index contributed by atoms with van der Waals surface area (Å²) in [6.45, 7) is 5.56. The van der Waals surface area contributed by atoms with Crippen LogP contribution in [-0.4, -0.2) is 50.5 Å². The number of sulfonamides is 1. The van der Waals surface area contributed by atoms with Gasteiger partial charge in [0.05, 0.1) is 11.9 Å². The lowest BCUT2D eigenvalue weighted by atomic mass is 10.0. The molecule has 1 unspecified atom stereocenters. The lowest BCUT2D eigenvalue weighted by Crippen LogP contribution is -2.53. The summed E-state index contributed by atoms with van der Waals surface area (Å²) in [5.74, 6) is -0.813. The molecule has 0 fully saturated rings. The van der Waals surface area contributed by atoms with Crippen LogP contribution in [0.25, 0.3) is 0 Å². The highest BCUT2D eigenvalue weighted by Crippen LogP contribution is 2.25. The fourth-order valence-corrected chi connectivity index (χ4v) is 5.48. The molecule has 0 aliphatic rings. The standard InChI is InChI=1S/C29H34ClN3O4S/c1-5-31-29(35)27(18-23-10-7-6-8-11-23)32(19-24-12-9-13-25(30)17-24)28(34)20-33(38(4,36)37)26-15-14-21(2)16-22(26)3/h6-17,27H,5,18-20H2,1-4H3,(H,31,35). The molecule has 0 aliphatic carbocycles. The number of anilines is 1. The highest BCUT2D eigenvalue weighted by atomic mass is 35.5. The minimum Gasteiger partial charge on any atom is -0.355 e. The van der Waals surface area contributed by atoms with E-state index in [9.17, 15) is 18.0 Å². The number of rotatable bonds is 11. The molecular weight excluding hydrogens is 522 g/mol. The van der Waals surface area contributed by atoms with E-state index in [1.165, 1.54) is 4.90 Å². The van der Waals surface area contributed by atoms with Crippen molar-refractivity contribution in [2.24, 2.45) is 0 Å². The first-order chi connectivity index (χ1) is 18.0. The molecule has 0 saturated carbocycles. The molecule has 0 aliphatic heterocycles. The zero-order valence-electron chi connectivity index (χ0n) is 22.1. The number of carbonyl (C=O) groups is 2. The zero-order chi connectivity index (χ0) is 27.9. The summed E-state index contributed by atoms with van der Waals surface area (Å²) in [6, 6.07) is 21.0. The molecule has 3 rings (SSSR count). The van der Waals surface area contributed by atoms with E-state index in [-0.39, 0.29) is 18.9 Å². The monoisotopic (exact) mass is 555 g/mol. The number of carbonyl (C=O) groups excluding carboxylic acids is 2. The average molecular weight is 556 g/mol. The van der Waals surface area contributed by atoms with Gasteiger partial charge in [0.25, 0.3) is 0 Å². The van der Waals surface area contributed by atoms with Gasteiger partial charge in [-0.05, 0) is 55.7 Å². The van der Waals surface area contributed by atoms with E-state index in [1.54, 1.807) is 24.3 Å². The van der Waals surface area contributed by atoms with Gasteiger partial charge in [0.1, 0.15) is 12.6 Å². The van der Waals surface area contributed by atoms with Crippen molar-refractivity contribution < 1.29 is 18.0 Å². The van der Waals surface area contributed by atoms with E-state index >= 15 is 0 Å². The highest BCUT2D eigenvalue weighted by Gasteiger charge is 2.33. The van der Waals surface area contributed by atoms with Gasteiger partial charge in [0.2, 0.25) is 21.8 Å². The number of amides is 2. The van der Waals surface area contributed by atoms with E-state index in [1.807, 2.05) is 69.3 Å². The predicted octanol–water partition coefficient (Wildman–Crippen LogP) is 4.50. The molecule has 0 heterocycles. The maximum absolute atomic E-state index is 14.0. The van der Waals surface area contributed by atoms with Crippen molar-refractivity contribution in [1.29, 1.82) is 0 Å². The Morgan fingerprint density at radius 3 is 2.24 bits per heavy atom. The molecule has 3 aromatic rings. The molecule has 202 valence electrons. The maximum atomic E-state index is 14.0. The average Bonchev–Trinajstić information content (AvgIpc) is 2.85. The Bertz CT molecular complexity index is 1380. The summed E-state index contributed by atoms with van der Waals surface area (Å²) in [6.07, 6.45) is 1.34. The van der Waals surface area contributed by atoms with Crippen molar-refractivity contribution in [3.05, 3.63) is 100 Å². The first-order valence-corrected chi connectivity index (χ1v) is 14.6. The van der Waals surface area contributed by atoms with E-state index < -0.39 is 28.5 Å². The van der Waals surface area contributed by atoms with Crippen LogP contribution < -0.4 is 9.62 Å². The minimum absolute atomic E-state index is 0.0819. The first kappa shape index (κ1) is 29.2. The molecule has 7 nitrogen and oxygen atoms in total. The van der Waals surface area contributed by atoms with Crippen LogP contribution in [0.15, 0.2) is 72.8 Å². The minimum atomic E-state index is -3.81. The molecule has 2 amide bonds. The number of hydrogen-bond donors (Lipinski definition) is 1. The Balaban J connectivity index is 2.06. The molecule has 0 spiro atoms. The summed E-state index contributed by atoms with van der Waals surface area (Å²) < 4.78 is 26.9. The third-order valence-corrected chi connectivity index (χ3v) is 7.53. The van der Waals surface area contributed by atoms with Crippen LogP contribution in [0.5, 0.6) is 0 Å². The second kappa shape index (κ2) is 12.9. The van der Waals surface area contributed by atoms with Gasteiger partial charge in [0, 0.05) is 24.5 Å². The molecule has 3 aromatic carbocycles. The Kier molecular flexibility index (Phi) is 9.94. The third kappa shape index (κ3) is 7.82. The highest BCUT2D eigenvalue weighted by molar-refractivity contribution is 7.92. The summed E-state index contributed by atoms with van der Waals surface area (Å²) in [5.41, 5.74) is 3.74. The summed E-state index contributed by atoms with van der Waals surface area (Å²) >= 11 is 6.21. The molecule has 0 aromatic heterocycles. The van der Waals surface area contributed by atoms with Crippen LogP contribution in [0.4, 0.5) is 5.69 Å². The molecule has 1 N–H and O–H groups in total. The van der Waals surface area contributed by atoms with Crippen LogP contribution in [0.1, 0.15) is 29.2 Å². The molecule has 1 atom stereocenters. The van der Waals surface area contributed by atoms with Crippen molar-refractivity contribution in [3.63, 3.8) is 0 Å². The van der Waals surface area contributed by atoms with Gasteiger partial charge in [-0.15, -0.1) is 0 Å². The topological polar surface area (TPSA) is 86.8 Å². The van der Waals surface area contributed by atoms with Crippen molar-refractivity contribution in [2.45, 2.75) is 39.8 Å². The fraction of sp³-hybridized carbons (Fsp3) is 0.310. The van der Waals surface area contributed by atoms with Gasteiger partial charge >= 0.3 is 0 Å². The number of halogens is 1. The second-order valence-corrected chi connectivity index (χ2v) is 11.7. The number of aryl methyl sites for hydroxylation is 2. The quantitative estimate of drug-likeness (QED) is 0.377. The van der Waals surface area contributed by atoms with Gasteiger partial charge in [-0.1, -0.05) is 71.8 Å². The summed E-state index contributed by atoms with van der Waals surface area (Å²) in [7, 11) is -3.81. The van der Waals surface area contributed by atoms with E-state index in [0.717, 1.165) is 32.8 Å². The van der Waals surface area contributed by atoms with Gasteiger partial charge < -0.3 is 10.2 Å². The number of nitrogens with zero attached hydrogens (tertiary/aromatic N) is 2. The SMILES string of the molecule is CCNC(=O)C(Cc1ccccc1)N(Cc1cccc(Cl)c1)C(=O)CN(c1ccc(C)cc1C)S(C)(=O)=O. The molecule has 0 bridgehead atoms. The van der Waals surface area contributed by atoms with E-state index in [2.05, 4.69) is 5.32 Å². The Labute approximate surface area is 230 Å². The van der Waals surface area contributed by atoms with Gasteiger partial charge in [-0.2, -0.15) is 0 Å². The van der Waals surface area contributed by atoms with Crippen LogP contribution in [0.2, 0.25) is 5.02 Å². The molecule has 0 radical (unpaired) electrons. The normalized spacial score (nSPS) is 12.0. The molecule has 38 heavy (non-hydrogen) atoms. The van der Waals surface area contributed by atoms with Gasteiger partial charge in [0.15, 0.2) is 0 Å². The van der Waals surface area contributed by atoms with E-state index in [0.29, 0.717) is 17.3 Å². The molecular formula is C29H34ClN3O4S. The fourth-order valence-electron chi connectivity index (χ4n) is 4.36. The van der Waals surface area contributed by atoms with Crippen molar-refractivity contribution in [2.75, 3.05) is 23.7 Å². The lowest BCUT2D eigenvalue weighted by Gasteiger charge is -2.33. The van der Waals surface area contributed by atoms with E-state index in [4.69, 9.17) is 11.6 Å². The Morgan fingerprint density at radius 1 is 0.947 bits per heavy atom. The smallest absolute Gasteiger partial charge is 0.244 e. The lowest BCUT2D eigenvalue weighted by molar-refractivity contribution is -0.140. The predicted molar refractivity (Wildman–Crippen MR) is 153 cm³/mol. The van der Waals surface area contributed by atoms with Gasteiger partial charge in [-0.3, -0.25) is 13.9 Å². The number of likely N-dealkylation sites (N-methyl/N-ethyl adjacent to an activating group) is 1. The Hall–Kier alpha value is -3.36. The number of hydrogen-bond acceptors (Lipinski definition) is 4. The van der Waals surface area contributed by atoms with Crippen LogP contribution in [0, 0.1) is 13.8 Å². The Morgan fingerprint density at radius 2 is 1.63 bits per heavy atom. The van der Waals surface area contributed by atoms with Crippen LogP contribution in [-0.2, 0) is 32.6 Å². The summed E-state index contributed by atoms with van der Waals surface area (Å²) in [4.78, 5) is 28.8. The number of benzene rings is 3. The summed E-state index contributed by atoms with van der Waals surface area (Å²) in [5, 5.41) is 3.34. The van der Waals surface area contributed by atoms with Crippen molar-refractivity contribution >= 4 is 39.1 Å². The number of nitrogens with one attached hydrogen (secondary N) is 1.